The highest BCUT2D eigenvalue weighted by molar-refractivity contribution is 7.05. The molecular weight excluding hydrogens is 182 g/mol. The minimum Gasteiger partial charge on any atom is -0.327 e. The molecule has 13 heavy (non-hydrogen) atoms. The maximum Gasteiger partial charge on any atom is 0.147 e. The number of hydrogen-bond donors (Lipinski definition) is 1. The molecule has 1 aromatic heterocycles. The van der Waals surface area contributed by atoms with Crippen molar-refractivity contribution in [2.75, 3.05) is 0 Å². The molecule has 3 nitrogen and oxygen atoms in total. The summed E-state index contributed by atoms with van der Waals surface area (Å²) in [7, 11) is 0. The van der Waals surface area contributed by atoms with E-state index in [1.165, 1.54) is 24.4 Å². The summed E-state index contributed by atoms with van der Waals surface area (Å²) >= 11 is 1.48. The summed E-state index contributed by atoms with van der Waals surface area (Å²) in [5.41, 5.74) is 6.04. The molecule has 1 saturated carbocycles. The lowest BCUT2D eigenvalue weighted by Gasteiger charge is -2.25. The molecule has 2 N–H and O–H groups in total. The van der Waals surface area contributed by atoms with E-state index in [-0.39, 0.29) is 6.04 Å². The zero-order chi connectivity index (χ0) is 9.26. The van der Waals surface area contributed by atoms with Gasteiger partial charge in [-0.2, -0.15) is 4.37 Å². The van der Waals surface area contributed by atoms with Gasteiger partial charge in [0.1, 0.15) is 10.8 Å². The summed E-state index contributed by atoms with van der Waals surface area (Å²) in [6.45, 7) is 2.00. The van der Waals surface area contributed by atoms with Crippen molar-refractivity contribution in [3.63, 3.8) is 0 Å². The first kappa shape index (κ1) is 9.09. The Kier molecular flexibility index (Phi) is 2.60. The van der Waals surface area contributed by atoms with Gasteiger partial charge in [-0.15, -0.1) is 0 Å². The second-order valence-corrected chi connectivity index (χ2v) is 4.68. The number of nitrogens with two attached hydrogens (primary N) is 1. The molecule has 1 heterocycles. The van der Waals surface area contributed by atoms with E-state index in [0.29, 0.717) is 5.92 Å². The average Bonchev–Trinajstić information content (AvgIpc) is 2.53. The van der Waals surface area contributed by atoms with Crippen molar-refractivity contribution in [1.29, 1.82) is 0 Å². The molecular formula is C9H15N3S. The van der Waals surface area contributed by atoms with Crippen LogP contribution < -0.4 is 5.73 Å². The molecule has 4 heteroatoms. The van der Waals surface area contributed by atoms with Crippen LogP contribution in [0.4, 0.5) is 0 Å². The standard InChI is InChI=1S/C9H15N3S/c1-6-11-9(12-13-6)7-4-2-3-5-8(7)10/h7-8H,2-5,10H2,1H3. The lowest BCUT2D eigenvalue weighted by Crippen LogP contribution is -2.31. The van der Waals surface area contributed by atoms with Crippen LogP contribution in [-0.2, 0) is 0 Å². The van der Waals surface area contributed by atoms with Gasteiger partial charge in [-0.25, -0.2) is 4.98 Å². The molecule has 1 fully saturated rings. The Morgan fingerprint density at radius 3 is 2.77 bits per heavy atom. The molecule has 1 aromatic rings. The summed E-state index contributed by atoms with van der Waals surface area (Å²) < 4.78 is 4.34. The summed E-state index contributed by atoms with van der Waals surface area (Å²) in [6, 6.07) is 0.280. The summed E-state index contributed by atoms with van der Waals surface area (Å²) in [5.74, 6) is 1.40. The molecule has 72 valence electrons. The Morgan fingerprint density at radius 2 is 2.15 bits per heavy atom. The van der Waals surface area contributed by atoms with Crippen molar-refractivity contribution in [1.82, 2.24) is 9.36 Å². The predicted octanol–water partition coefficient (Wildman–Crippen LogP) is 1.83. The van der Waals surface area contributed by atoms with E-state index >= 15 is 0 Å². The number of rotatable bonds is 1. The van der Waals surface area contributed by atoms with E-state index in [1.54, 1.807) is 0 Å². The van der Waals surface area contributed by atoms with Crippen LogP contribution in [0.1, 0.15) is 42.4 Å². The summed E-state index contributed by atoms with van der Waals surface area (Å²) in [6.07, 6.45) is 4.83. The molecule has 0 aliphatic heterocycles. The van der Waals surface area contributed by atoms with Gasteiger partial charge in [0.05, 0.1) is 0 Å². The number of aromatic nitrogens is 2. The first-order valence-corrected chi connectivity index (χ1v) is 5.60. The van der Waals surface area contributed by atoms with E-state index in [1.807, 2.05) is 6.92 Å². The zero-order valence-corrected chi connectivity index (χ0v) is 8.68. The van der Waals surface area contributed by atoms with Gasteiger partial charge in [0.15, 0.2) is 0 Å². The number of nitrogens with zero attached hydrogens (tertiary/aromatic N) is 2. The van der Waals surface area contributed by atoms with Gasteiger partial charge in [-0.1, -0.05) is 12.8 Å². The maximum atomic E-state index is 6.04. The fourth-order valence-electron chi connectivity index (χ4n) is 1.95. The maximum absolute atomic E-state index is 6.04. The molecule has 0 saturated heterocycles. The third-order valence-electron chi connectivity index (χ3n) is 2.69. The van der Waals surface area contributed by atoms with E-state index in [4.69, 9.17) is 5.73 Å². The molecule has 2 unspecified atom stereocenters. The minimum atomic E-state index is 0.280. The van der Waals surface area contributed by atoms with Gasteiger partial charge in [0, 0.05) is 12.0 Å². The first-order chi connectivity index (χ1) is 6.27. The van der Waals surface area contributed by atoms with Crippen molar-refractivity contribution in [2.45, 2.75) is 44.6 Å². The van der Waals surface area contributed by atoms with Crippen molar-refractivity contribution >= 4 is 11.5 Å². The topological polar surface area (TPSA) is 51.8 Å². The van der Waals surface area contributed by atoms with Crippen LogP contribution in [0.15, 0.2) is 0 Å². The van der Waals surface area contributed by atoms with Gasteiger partial charge < -0.3 is 5.73 Å². The molecule has 2 atom stereocenters. The van der Waals surface area contributed by atoms with Crippen LogP contribution in [0.3, 0.4) is 0 Å². The minimum absolute atomic E-state index is 0.280. The highest BCUT2D eigenvalue weighted by Gasteiger charge is 2.26. The van der Waals surface area contributed by atoms with Gasteiger partial charge in [0.25, 0.3) is 0 Å². The van der Waals surface area contributed by atoms with Gasteiger partial charge in [-0.3, -0.25) is 0 Å². The molecule has 0 amide bonds. The van der Waals surface area contributed by atoms with Crippen molar-refractivity contribution < 1.29 is 0 Å². The van der Waals surface area contributed by atoms with E-state index in [9.17, 15) is 0 Å². The molecule has 0 radical (unpaired) electrons. The second kappa shape index (κ2) is 3.72. The Morgan fingerprint density at radius 1 is 1.38 bits per heavy atom. The second-order valence-electron chi connectivity index (χ2n) is 3.73. The fourth-order valence-corrected chi connectivity index (χ4v) is 2.48. The normalized spacial score (nSPS) is 29.1. The quantitative estimate of drug-likeness (QED) is 0.747. The third-order valence-corrected chi connectivity index (χ3v) is 3.33. The van der Waals surface area contributed by atoms with Gasteiger partial charge in [0.2, 0.25) is 0 Å². The highest BCUT2D eigenvalue weighted by atomic mass is 32.1. The predicted molar refractivity (Wildman–Crippen MR) is 53.8 cm³/mol. The third kappa shape index (κ3) is 1.89. The molecule has 1 aliphatic rings. The van der Waals surface area contributed by atoms with Gasteiger partial charge >= 0.3 is 0 Å². The lowest BCUT2D eigenvalue weighted by atomic mass is 9.85. The Labute approximate surface area is 82.5 Å². The molecule has 0 bridgehead atoms. The fraction of sp³-hybridized carbons (Fsp3) is 0.778. The van der Waals surface area contributed by atoms with Crippen molar-refractivity contribution in [3.8, 4) is 0 Å². The Bertz CT molecular complexity index is 284. The lowest BCUT2D eigenvalue weighted by molar-refractivity contribution is 0.375. The summed E-state index contributed by atoms with van der Waals surface area (Å²) in [5, 5.41) is 1.05. The van der Waals surface area contributed by atoms with E-state index in [2.05, 4.69) is 9.36 Å². The first-order valence-electron chi connectivity index (χ1n) is 4.83. The summed E-state index contributed by atoms with van der Waals surface area (Å²) in [4.78, 5) is 4.41. The van der Waals surface area contributed by atoms with Crippen molar-refractivity contribution in [3.05, 3.63) is 10.8 Å². The molecule has 0 aromatic carbocycles. The highest BCUT2D eigenvalue weighted by Crippen LogP contribution is 2.30. The van der Waals surface area contributed by atoms with Crippen LogP contribution in [0.2, 0.25) is 0 Å². The van der Waals surface area contributed by atoms with Crippen LogP contribution in [-0.4, -0.2) is 15.4 Å². The Balaban J connectivity index is 2.14. The smallest absolute Gasteiger partial charge is 0.147 e. The van der Waals surface area contributed by atoms with Crippen molar-refractivity contribution in [2.24, 2.45) is 5.73 Å². The van der Waals surface area contributed by atoms with Gasteiger partial charge in [-0.05, 0) is 31.3 Å². The van der Waals surface area contributed by atoms with Crippen LogP contribution in [0.5, 0.6) is 0 Å². The largest absolute Gasteiger partial charge is 0.327 e. The SMILES string of the molecule is Cc1nc(C2CCCCC2N)ns1. The van der Waals surface area contributed by atoms with E-state index < -0.39 is 0 Å². The Hall–Kier alpha value is -0.480. The van der Waals surface area contributed by atoms with Crippen LogP contribution in [0.25, 0.3) is 0 Å². The van der Waals surface area contributed by atoms with Crippen LogP contribution in [0, 0.1) is 6.92 Å². The average molecular weight is 197 g/mol. The zero-order valence-electron chi connectivity index (χ0n) is 7.86. The number of hydrogen-bond acceptors (Lipinski definition) is 4. The monoisotopic (exact) mass is 197 g/mol. The molecule has 0 spiro atoms. The van der Waals surface area contributed by atoms with Crippen LogP contribution >= 0.6 is 11.5 Å². The van der Waals surface area contributed by atoms with E-state index in [0.717, 1.165) is 23.7 Å². The molecule has 1 aliphatic carbocycles. The number of aryl methyl sites for hydroxylation is 1. The molecule has 2 rings (SSSR count).